The number of fused-ring (bicyclic) bond motifs is 1. The third-order valence-electron chi connectivity index (χ3n) is 2.54. The van der Waals surface area contributed by atoms with E-state index in [1.54, 1.807) is 0 Å². The van der Waals surface area contributed by atoms with E-state index in [-0.39, 0.29) is 0 Å². The third kappa shape index (κ3) is 1.35. The standard InChI is InChI=1S/C12H10N4/c1-8-2-9(4-13-3-8)10-6-15-12-11(10)5-14-7-16-12/h2-7H,1H3,(H,14,15,16). The largest absolute Gasteiger partial charge is 0.345 e. The average molecular weight is 210 g/mol. The molecule has 0 saturated heterocycles. The van der Waals surface area contributed by atoms with Gasteiger partial charge in [0.15, 0.2) is 0 Å². The number of hydrogen-bond acceptors (Lipinski definition) is 3. The molecule has 0 aliphatic heterocycles. The van der Waals surface area contributed by atoms with Gasteiger partial charge in [0.05, 0.1) is 0 Å². The van der Waals surface area contributed by atoms with E-state index in [2.05, 4.69) is 26.0 Å². The van der Waals surface area contributed by atoms with E-state index in [0.717, 1.165) is 27.7 Å². The van der Waals surface area contributed by atoms with Crippen molar-refractivity contribution in [3.05, 3.63) is 42.7 Å². The molecule has 0 radical (unpaired) electrons. The summed E-state index contributed by atoms with van der Waals surface area (Å²) in [7, 11) is 0. The number of nitrogens with one attached hydrogen (secondary N) is 1. The molecule has 0 saturated carbocycles. The molecule has 0 unspecified atom stereocenters. The minimum Gasteiger partial charge on any atom is -0.345 e. The molecule has 3 rings (SSSR count). The minimum atomic E-state index is 0.853. The Kier molecular flexibility index (Phi) is 1.93. The maximum atomic E-state index is 4.19. The molecule has 3 aromatic rings. The van der Waals surface area contributed by atoms with Gasteiger partial charge in [0.1, 0.15) is 12.0 Å². The van der Waals surface area contributed by atoms with Crippen molar-refractivity contribution in [2.24, 2.45) is 0 Å². The van der Waals surface area contributed by atoms with Crippen molar-refractivity contribution in [1.82, 2.24) is 19.9 Å². The Bertz CT molecular complexity index is 642. The van der Waals surface area contributed by atoms with E-state index in [4.69, 9.17) is 0 Å². The molecule has 1 N–H and O–H groups in total. The lowest BCUT2D eigenvalue weighted by Gasteiger charge is -1.99. The summed E-state index contributed by atoms with van der Waals surface area (Å²) in [6.45, 7) is 2.03. The highest BCUT2D eigenvalue weighted by molar-refractivity contribution is 5.92. The molecule has 0 bridgehead atoms. The summed E-state index contributed by atoms with van der Waals surface area (Å²) in [5.41, 5.74) is 4.17. The Balaban J connectivity index is 2.26. The number of H-pyrrole nitrogens is 1. The fourth-order valence-electron chi connectivity index (χ4n) is 1.80. The second kappa shape index (κ2) is 3.41. The van der Waals surface area contributed by atoms with Gasteiger partial charge in [-0.1, -0.05) is 0 Å². The number of aromatic amines is 1. The lowest BCUT2D eigenvalue weighted by atomic mass is 10.1. The van der Waals surface area contributed by atoms with Gasteiger partial charge in [0.25, 0.3) is 0 Å². The molecule has 0 aromatic carbocycles. The van der Waals surface area contributed by atoms with E-state index in [9.17, 15) is 0 Å². The molecular weight excluding hydrogens is 200 g/mol. The van der Waals surface area contributed by atoms with Crippen LogP contribution in [0.1, 0.15) is 5.56 Å². The van der Waals surface area contributed by atoms with Gasteiger partial charge in [0.2, 0.25) is 0 Å². The van der Waals surface area contributed by atoms with Crippen LogP contribution in [0.3, 0.4) is 0 Å². The molecule has 78 valence electrons. The molecular formula is C12H10N4. The van der Waals surface area contributed by atoms with Crippen molar-refractivity contribution in [3.8, 4) is 11.1 Å². The number of aromatic nitrogens is 4. The summed E-state index contributed by atoms with van der Waals surface area (Å²) >= 11 is 0. The van der Waals surface area contributed by atoms with Crippen molar-refractivity contribution >= 4 is 11.0 Å². The fraction of sp³-hybridized carbons (Fsp3) is 0.0833. The molecule has 4 nitrogen and oxygen atoms in total. The smallest absolute Gasteiger partial charge is 0.141 e. The summed E-state index contributed by atoms with van der Waals surface area (Å²) in [5, 5.41) is 1.02. The zero-order chi connectivity index (χ0) is 11.0. The van der Waals surface area contributed by atoms with Gasteiger partial charge in [0, 0.05) is 41.3 Å². The molecule has 4 heteroatoms. The summed E-state index contributed by atoms with van der Waals surface area (Å²) in [6, 6.07) is 2.10. The Hall–Kier alpha value is -2.23. The monoisotopic (exact) mass is 210 g/mol. The first-order valence-corrected chi connectivity index (χ1v) is 5.04. The predicted molar refractivity (Wildman–Crippen MR) is 61.9 cm³/mol. The molecule has 0 spiro atoms. The van der Waals surface area contributed by atoms with Crippen LogP contribution in [0.25, 0.3) is 22.2 Å². The van der Waals surface area contributed by atoms with Crippen LogP contribution in [-0.4, -0.2) is 19.9 Å². The lowest BCUT2D eigenvalue weighted by molar-refractivity contribution is 1.20. The highest BCUT2D eigenvalue weighted by Gasteiger charge is 2.06. The molecule has 0 aliphatic rings. The molecule has 0 fully saturated rings. The minimum absolute atomic E-state index is 0.853. The van der Waals surface area contributed by atoms with Gasteiger partial charge in [-0.15, -0.1) is 0 Å². The SMILES string of the molecule is Cc1cncc(-c2c[nH]c3ncncc23)c1. The van der Waals surface area contributed by atoms with E-state index in [1.807, 2.05) is 31.7 Å². The zero-order valence-electron chi connectivity index (χ0n) is 8.81. The van der Waals surface area contributed by atoms with Crippen LogP contribution >= 0.6 is 0 Å². The molecule has 3 aromatic heterocycles. The number of rotatable bonds is 1. The second-order valence-corrected chi connectivity index (χ2v) is 3.74. The van der Waals surface area contributed by atoms with Crippen LogP contribution < -0.4 is 0 Å². The van der Waals surface area contributed by atoms with Gasteiger partial charge >= 0.3 is 0 Å². The Morgan fingerprint density at radius 3 is 2.94 bits per heavy atom. The van der Waals surface area contributed by atoms with Crippen LogP contribution in [-0.2, 0) is 0 Å². The van der Waals surface area contributed by atoms with E-state index in [0.29, 0.717) is 0 Å². The van der Waals surface area contributed by atoms with Crippen LogP contribution in [0.4, 0.5) is 0 Å². The normalized spacial score (nSPS) is 10.8. The predicted octanol–water partition coefficient (Wildman–Crippen LogP) is 2.33. The van der Waals surface area contributed by atoms with Crippen LogP contribution in [0.2, 0.25) is 0 Å². The Labute approximate surface area is 92.4 Å². The van der Waals surface area contributed by atoms with Crippen LogP contribution in [0, 0.1) is 6.92 Å². The van der Waals surface area contributed by atoms with Gasteiger partial charge in [-0.3, -0.25) is 4.98 Å². The first kappa shape index (κ1) is 9.03. The Morgan fingerprint density at radius 2 is 2.06 bits per heavy atom. The number of aryl methyl sites for hydroxylation is 1. The molecule has 3 heterocycles. The van der Waals surface area contributed by atoms with Crippen molar-refractivity contribution in [3.63, 3.8) is 0 Å². The van der Waals surface area contributed by atoms with Crippen molar-refractivity contribution in [2.45, 2.75) is 6.92 Å². The summed E-state index contributed by atoms with van der Waals surface area (Å²) in [5.74, 6) is 0. The maximum absolute atomic E-state index is 4.19. The fourth-order valence-corrected chi connectivity index (χ4v) is 1.80. The Morgan fingerprint density at radius 1 is 1.12 bits per heavy atom. The molecule has 0 amide bonds. The second-order valence-electron chi connectivity index (χ2n) is 3.74. The highest BCUT2D eigenvalue weighted by atomic mass is 14.9. The summed E-state index contributed by atoms with van der Waals surface area (Å²) < 4.78 is 0. The zero-order valence-corrected chi connectivity index (χ0v) is 8.81. The molecule has 0 aliphatic carbocycles. The lowest BCUT2D eigenvalue weighted by Crippen LogP contribution is -1.82. The number of pyridine rings is 1. The van der Waals surface area contributed by atoms with E-state index < -0.39 is 0 Å². The van der Waals surface area contributed by atoms with Crippen LogP contribution in [0.5, 0.6) is 0 Å². The average Bonchev–Trinajstić information content (AvgIpc) is 2.72. The number of hydrogen-bond donors (Lipinski definition) is 1. The van der Waals surface area contributed by atoms with Crippen molar-refractivity contribution in [2.75, 3.05) is 0 Å². The van der Waals surface area contributed by atoms with Gasteiger partial charge in [-0.05, 0) is 18.6 Å². The van der Waals surface area contributed by atoms with Crippen molar-refractivity contribution in [1.29, 1.82) is 0 Å². The van der Waals surface area contributed by atoms with Crippen molar-refractivity contribution < 1.29 is 0 Å². The topological polar surface area (TPSA) is 54.5 Å². The highest BCUT2D eigenvalue weighted by Crippen LogP contribution is 2.26. The van der Waals surface area contributed by atoms with Gasteiger partial charge in [-0.2, -0.15) is 0 Å². The van der Waals surface area contributed by atoms with Gasteiger partial charge < -0.3 is 4.98 Å². The molecule has 16 heavy (non-hydrogen) atoms. The summed E-state index contributed by atoms with van der Waals surface area (Å²) in [4.78, 5) is 15.5. The third-order valence-corrected chi connectivity index (χ3v) is 2.54. The van der Waals surface area contributed by atoms with Crippen LogP contribution in [0.15, 0.2) is 37.2 Å². The summed E-state index contributed by atoms with van der Waals surface area (Å²) in [6.07, 6.45) is 8.99. The van der Waals surface area contributed by atoms with Gasteiger partial charge in [-0.25, -0.2) is 9.97 Å². The van der Waals surface area contributed by atoms with E-state index >= 15 is 0 Å². The quantitative estimate of drug-likeness (QED) is 0.670. The maximum Gasteiger partial charge on any atom is 0.141 e. The molecule has 0 atom stereocenters. The first-order chi connectivity index (χ1) is 7.84. The number of nitrogens with zero attached hydrogens (tertiary/aromatic N) is 3. The van der Waals surface area contributed by atoms with E-state index in [1.165, 1.54) is 6.33 Å². The first-order valence-electron chi connectivity index (χ1n) is 5.04.